The van der Waals surface area contributed by atoms with E-state index in [1.807, 2.05) is 11.2 Å². The van der Waals surface area contributed by atoms with Gasteiger partial charge in [0.25, 0.3) is 0 Å². The van der Waals surface area contributed by atoms with Gasteiger partial charge in [0.1, 0.15) is 0 Å². The molecule has 1 saturated heterocycles. The molecule has 0 bridgehead atoms. The lowest BCUT2D eigenvalue weighted by Crippen LogP contribution is -2.38. The summed E-state index contributed by atoms with van der Waals surface area (Å²) in [4.78, 5) is 13.6. The Labute approximate surface area is 90.4 Å². The van der Waals surface area contributed by atoms with E-state index >= 15 is 0 Å². The molecule has 0 aliphatic carbocycles. The van der Waals surface area contributed by atoms with Crippen LogP contribution in [0.1, 0.15) is 25.7 Å². The molecule has 14 heavy (non-hydrogen) atoms. The monoisotopic (exact) mass is 216 g/mol. The molecule has 0 spiro atoms. The minimum absolute atomic E-state index is 0.270. The molecule has 1 unspecified atom stereocenters. The van der Waals surface area contributed by atoms with Crippen LogP contribution in [0.4, 0.5) is 0 Å². The van der Waals surface area contributed by atoms with Crippen molar-refractivity contribution in [2.45, 2.75) is 31.7 Å². The molecular formula is C10H20N2OS. The molecule has 1 rings (SSSR count). The molecule has 0 aromatic heterocycles. The van der Waals surface area contributed by atoms with Crippen LogP contribution in [0.15, 0.2) is 0 Å². The van der Waals surface area contributed by atoms with Crippen LogP contribution in [0.5, 0.6) is 0 Å². The SMILES string of the molecule is CSCC(=O)N1CCCCC(N)CC1. The van der Waals surface area contributed by atoms with Gasteiger partial charge in [-0.3, -0.25) is 4.79 Å². The van der Waals surface area contributed by atoms with Crippen LogP contribution in [-0.4, -0.2) is 41.9 Å². The fraction of sp³-hybridized carbons (Fsp3) is 0.900. The second-order valence-corrected chi connectivity index (χ2v) is 4.72. The fourth-order valence-electron chi connectivity index (χ4n) is 1.75. The van der Waals surface area contributed by atoms with Gasteiger partial charge in [-0.05, 0) is 25.5 Å². The third kappa shape index (κ3) is 3.88. The molecule has 0 aromatic rings. The average molecular weight is 216 g/mol. The summed E-state index contributed by atoms with van der Waals surface area (Å²) >= 11 is 1.59. The Morgan fingerprint density at radius 3 is 2.93 bits per heavy atom. The zero-order valence-electron chi connectivity index (χ0n) is 8.87. The maximum atomic E-state index is 11.6. The van der Waals surface area contributed by atoms with Crippen molar-refractivity contribution in [2.75, 3.05) is 25.1 Å². The quantitative estimate of drug-likeness (QED) is 0.751. The summed E-state index contributed by atoms with van der Waals surface area (Å²) in [5, 5.41) is 0. The summed E-state index contributed by atoms with van der Waals surface area (Å²) in [5.41, 5.74) is 5.90. The normalized spacial score (nSPS) is 24.1. The summed E-state index contributed by atoms with van der Waals surface area (Å²) in [6, 6.07) is 0.292. The number of likely N-dealkylation sites (tertiary alicyclic amines) is 1. The van der Waals surface area contributed by atoms with Crippen LogP contribution in [-0.2, 0) is 4.79 Å². The van der Waals surface area contributed by atoms with Crippen molar-refractivity contribution in [3.8, 4) is 0 Å². The van der Waals surface area contributed by atoms with Gasteiger partial charge in [0, 0.05) is 19.1 Å². The lowest BCUT2D eigenvalue weighted by Gasteiger charge is -2.26. The van der Waals surface area contributed by atoms with Crippen molar-refractivity contribution in [1.82, 2.24) is 4.90 Å². The van der Waals surface area contributed by atoms with E-state index in [4.69, 9.17) is 5.73 Å². The van der Waals surface area contributed by atoms with E-state index in [0.29, 0.717) is 11.8 Å². The largest absolute Gasteiger partial charge is 0.342 e. The highest BCUT2D eigenvalue weighted by atomic mass is 32.2. The van der Waals surface area contributed by atoms with Gasteiger partial charge in [0.2, 0.25) is 5.91 Å². The second-order valence-electron chi connectivity index (χ2n) is 3.86. The number of nitrogens with zero attached hydrogens (tertiary/aromatic N) is 1. The van der Waals surface area contributed by atoms with E-state index in [-0.39, 0.29) is 5.91 Å². The van der Waals surface area contributed by atoms with Gasteiger partial charge < -0.3 is 10.6 Å². The van der Waals surface area contributed by atoms with E-state index in [1.54, 1.807) is 11.8 Å². The number of carbonyl (C=O) groups excluding carboxylic acids is 1. The summed E-state index contributed by atoms with van der Waals surface area (Å²) in [6.07, 6.45) is 6.30. The molecule has 1 amide bonds. The van der Waals surface area contributed by atoms with Crippen LogP contribution >= 0.6 is 11.8 Å². The van der Waals surface area contributed by atoms with Gasteiger partial charge in [-0.2, -0.15) is 11.8 Å². The Morgan fingerprint density at radius 2 is 2.21 bits per heavy atom. The number of nitrogens with two attached hydrogens (primary N) is 1. The molecule has 4 heteroatoms. The van der Waals surface area contributed by atoms with E-state index in [2.05, 4.69) is 0 Å². The third-order valence-electron chi connectivity index (χ3n) is 2.64. The first kappa shape index (κ1) is 11.9. The fourth-order valence-corrected chi connectivity index (χ4v) is 2.18. The van der Waals surface area contributed by atoms with Crippen molar-refractivity contribution in [3.63, 3.8) is 0 Å². The molecule has 1 atom stereocenters. The molecule has 2 N–H and O–H groups in total. The van der Waals surface area contributed by atoms with E-state index in [9.17, 15) is 4.79 Å². The molecule has 1 heterocycles. The molecule has 1 fully saturated rings. The first-order valence-corrected chi connectivity index (χ1v) is 6.65. The Balaban J connectivity index is 2.38. The van der Waals surface area contributed by atoms with E-state index < -0.39 is 0 Å². The summed E-state index contributed by atoms with van der Waals surface area (Å²) in [7, 11) is 0. The van der Waals surface area contributed by atoms with Gasteiger partial charge in [-0.15, -0.1) is 0 Å². The molecule has 1 aliphatic rings. The Bertz CT molecular complexity index is 187. The molecule has 0 aromatic carbocycles. The van der Waals surface area contributed by atoms with Crippen LogP contribution < -0.4 is 5.73 Å². The number of rotatable bonds is 2. The Morgan fingerprint density at radius 1 is 1.43 bits per heavy atom. The summed E-state index contributed by atoms with van der Waals surface area (Å²) < 4.78 is 0. The highest BCUT2D eigenvalue weighted by Gasteiger charge is 2.16. The van der Waals surface area contributed by atoms with E-state index in [0.717, 1.165) is 38.8 Å². The predicted octanol–water partition coefficient (Wildman–Crippen LogP) is 1.08. The van der Waals surface area contributed by atoms with Crippen molar-refractivity contribution >= 4 is 17.7 Å². The molecule has 0 saturated carbocycles. The standard InChI is InChI=1S/C10H20N2OS/c1-14-8-10(13)12-6-3-2-4-9(11)5-7-12/h9H,2-8,11H2,1H3. The smallest absolute Gasteiger partial charge is 0.232 e. The highest BCUT2D eigenvalue weighted by molar-refractivity contribution is 7.99. The van der Waals surface area contributed by atoms with Gasteiger partial charge in [0.15, 0.2) is 0 Å². The minimum Gasteiger partial charge on any atom is -0.342 e. The van der Waals surface area contributed by atoms with Gasteiger partial charge in [-0.1, -0.05) is 6.42 Å². The van der Waals surface area contributed by atoms with Crippen LogP contribution in [0.3, 0.4) is 0 Å². The number of hydrogen-bond acceptors (Lipinski definition) is 3. The highest BCUT2D eigenvalue weighted by Crippen LogP contribution is 2.11. The van der Waals surface area contributed by atoms with Gasteiger partial charge in [-0.25, -0.2) is 0 Å². The number of thioether (sulfide) groups is 1. The van der Waals surface area contributed by atoms with Crippen LogP contribution in [0, 0.1) is 0 Å². The second kappa shape index (κ2) is 6.30. The Kier molecular flexibility index (Phi) is 5.33. The minimum atomic E-state index is 0.270. The van der Waals surface area contributed by atoms with Crippen molar-refractivity contribution < 1.29 is 4.79 Å². The topological polar surface area (TPSA) is 46.3 Å². The van der Waals surface area contributed by atoms with Crippen molar-refractivity contribution in [1.29, 1.82) is 0 Å². The van der Waals surface area contributed by atoms with Gasteiger partial charge >= 0.3 is 0 Å². The van der Waals surface area contributed by atoms with E-state index in [1.165, 1.54) is 0 Å². The maximum absolute atomic E-state index is 11.6. The molecule has 82 valence electrons. The van der Waals surface area contributed by atoms with Crippen LogP contribution in [0.25, 0.3) is 0 Å². The first-order valence-electron chi connectivity index (χ1n) is 5.26. The molecule has 3 nitrogen and oxygen atoms in total. The van der Waals surface area contributed by atoms with Crippen molar-refractivity contribution in [2.24, 2.45) is 5.73 Å². The molecular weight excluding hydrogens is 196 g/mol. The lowest BCUT2D eigenvalue weighted by molar-refractivity contribution is -0.128. The Hall–Kier alpha value is -0.220. The number of amides is 1. The van der Waals surface area contributed by atoms with Crippen LogP contribution in [0.2, 0.25) is 0 Å². The zero-order valence-corrected chi connectivity index (χ0v) is 9.68. The zero-order chi connectivity index (χ0) is 10.4. The molecule has 0 radical (unpaired) electrons. The lowest BCUT2D eigenvalue weighted by atomic mass is 10.0. The maximum Gasteiger partial charge on any atom is 0.232 e. The number of carbonyl (C=O) groups is 1. The molecule has 1 aliphatic heterocycles. The van der Waals surface area contributed by atoms with Crippen molar-refractivity contribution in [3.05, 3.63) is 0 Å². The predicted molar refractivity (Wildman–Crippen MR) is 61.4 cm³/mol. The summed E-state index contributed by atoms with van der Waals surface area (Å²) in [5.74, 6) is 0.876. The average Bonchev–Trinajstić information content (AvgIpc) is 2.12. The third-order valence-corrected chi connectivity index (χ3v) is 3.18. The van der Waals surface area contributed by atoms with Gasteiger partial charge in [0.05, 0.1) is 5.75 Å². The first-order chi connectivity index (χ1) is 6.74. The number of hydrogen-bond donors (Lipinski definition) is 1. The summed E-state index contributed by atoms with van der Waals surface area (Å²) in [6.45, 7) is 1.77.